The lowest BCUT2D eigenvalue weighted by Gasteiger charge is -2.51. The van der Waals surface area contributed by atoms with Crippen LogP contribution in [0.25, 0.3) is 0 Å². The second kappa shape index (κ2) is 15.4. The van der Waals surface area contributed by atoms with Crippen LogP contribution in [0.1, 0.15) is 40.5 Å². The quantitative estimate of drug-likeness (QED) is 0.0580. The molecule has 0 amide bonds. The van der Waals surface area contributed by atoms with Crippen LogP contribution in [0.4, 0.5) is 0 Å². The highest BCUT2D eigenvalue weighted by Crippen LogP contribution is 2.42. The molecule has 11 atom stereocenters. The number of hydrogen-bond donors (Lipinski definition) is 7. The first-order chi connectivity index (χ1) is 22.4. The van der Waals surface area contributed by atoms with Gasteiger partial charge in [-0.25, -0.2) is 9.59 Å². The number of thiocarbonyl (C=S) groups is 1. The third-order valence-corrected chi connectivity index (χ3v) is 8.57. The molecule has 48 heavy (non-hydrogen) atoms. The van der Waals surface area contributed by atoms with E-state index in [-0.39, 0.29) is 12.1 Å². The zero-order chi connectivity index (χ0) is 36.3. The number of methoxy groups -OCH3 is 1. The van der Waals surface area contributed by atoms with Crippen molar-refractivity contribution < 1.29 is 78.2 Å². The van der Waals surface area contributed by atoms with Gasteiger partial charge in [0.15, 0.2) is 29.5 Å². The minimum absolute atomic E-state index is 0.296. The Morgan fingerprint density at radius 1 is 1.25 bits per heavy atom. The van der Waals surface area contributed by atoms with Crippen molar-refractivity contribution in [3.63, 3.8) is 0 Å². The summed E-state index contributed by atoms with van der Waals surface area (Å²) in [5.74, 6) is -6.55. The third-order valence-electron chi connectivity index (χ3n) is 8.48. The summed E-state index contributed by atoms with van der Waals surface area (Å²) in [7, 11) is 1.25. The minimum Gasteiger partial charge on any atom is -0.508 e. The molecular formula is C29H38N2O16S. The summed E-state index contributed by atoms with van der Waals surface area (Å²) in [5.41, 5.74) is -7.66. The maximum Gasteiger partial charge on any atom is 0.357 e. The molecule has 0 aromatic heterocycles. The van der Waals surface area contributed by atoms with Crippen LogP contribution in [-0.4, -0.2) is 145 Å². The average molecular weight is 703 g/mol. The summed E-state index contributed by atoms with van der Waals surface area (Å²) in [5, 5.41) is 75.3. The van der Waals surface area contributed by atoms with Gasteiger partial charge in [0, 0.05) is 20.5 Å². The minimum atomic E-state index is -3.00. The highest BCUT2D eigenvalue weighted by Gasteiger charge is 2.61. The number of carbonyl (C=O) groups is 4. The highest BCUT2D eigenvalue weighted by atomic mass is 32.1. The number of carbonyl (C=O) groups excluding carboxylic acids is 3. The van der Waals surface area contributed by atoms with Gasteiger partial charge in [0.05, 0.1) is 29.9 Å². The fourth-order valence-electron chi connectivity index (χ4n) is 5.92. The SMILES string of the molecule is C/C=C(\N=C=S)C(=O)O[C@H]1[C@@H](O[C@H]2C[C@H](OC)C(O)(C(C)O)[C@H](C)O2)[C@@H](O)[C@@H](C2(O)CC(=O)C(=N)C(C(=O)O)=C2O)O[C@@H]1COC(C)=O. The molecule has 2 heterocycles. The predicted molar refractivity (Wildman–Crippen MR) is 161 cm³/mol. The van der Waals surface area contributed by atoms with Gasteiger partial charge in [0.2, 0.25) is 0 Å². The van der Waals surface area contributed by atoms with Crippen LogP contribution in [0.3, 0.4) is 0 Å². The molecule has 0 bridgehead atoms. The number of rotatable bonds is 11. The Morgan fingerprint density at radius 3 is 2.42 bits per heavy atom. The lowest BCUT2D eigenvalue weighted by molar-refractivity contribution is -0.344. The van der Waals surface area contributed by atoms with Crippen LogP contribution in [-0.2, 0) is 47.6 Å². The van der Waals surface area contributed by atoms with Gasteiger partial charge in [-0.2, -0.15) is 4.99 Å². The van der Waals surface area contributed by atoms with Gasteiger partial charge in [-0.05, 0) is 33.0 Å². The van der Waals surface area contributed by atoms with Gasteiger partial charge in [-0.15, -0.1) is 0 Å². The first kappa shape index (κ1) is 39.0. The number of Topliss-reactive ketones (excluding diaryl/α,β-unsaturated/α-hetero) is 1. The number of allylic oxidation sites excluding steroid dienone is 1. The Bertz CT molecular complexity index is 1430. The molecule has 3 unspecified atom stereocenters. The molecule has 7 N–H and O–H groups in total. The van der Waals surface area contributed by atoms with Gasteiger partial charge in [0.1, 0.15) is 53.7 Å². The molecule has 0 aromatic rings. The van der Waals surface area contributed by atoms with E-state index in [2.05, 4.69) is 17.2 Å². The molecule has 266 valence electrons. The first-order valence-electron chi connectivity index (χ1n) is 14.6. The van der Waals surface area contributed by atoms with Crippen LogP contribution in [0, 0.1) is 5.41 Å². The topological polar surface area (TPSA) is 281 Å². The average Bonchev–Trinajstić information content (AvgIpc) is 3.01. The molecule has 18 nitrogen and oxygen atoms in total. The van der Waals surface area contributed by atoms with E-state index in [9.17, 15) is 49.8 Å². The highest BCUT2D eigenvalue weighted by molar-refractivity contribution is 7.78. The number of hydrogen-bond acceptors (Lipinski definition) is 18. The Labute approximate surface area is 279 Å². The second-order valence-electron chi connectivity index (χ2n) is 11.4. The van der Waals surface area contributed by atoms with Gasteiger partial charge in [0.25, 0.3) is 0 Å². The Hall–Kier alpha value is -3.49. The van der Waals surface area contributed by atoms with Crippen molar-refractivity contribution in [1.82, 2.24) is 0 Å². The van der Waals surface area contributed by atoms with E-state index in [0.717, 1.165) is 6.92 Å². The van der Waals surface area contributed by atoms with Gasteiger partial charge < -0.3 is 59.1 Å². The number of aliphatic carboxylic acids is 1. The molecule has 2 saturated heterocycles. The van der Waals surface area contributed by atoms with Gasteiger partial charge >= 0.3 is 17.9 Å². The maximum absolute atomic E-state index is 13.2. The monoisotopic (exact) mass is 702 g/mol. The van der Waals surface area contributed by atoms with Crippen molar-refractivity contribution in [3.05, 3.63) is 23.1 Å². The van der Waals surface area contributed by atoms with E-state index >= 15 is 0 Å². The normalized spacial score (nSPS) is 36.6. The predicted octanol–water partition coefficient (Wildman–Crippen LogP) is -1.14. The number of esters is 2. The summed E-state index contributed by atoms with van der Waals surface area (Å²) in [6, 6.07) is 0. The molecule has 0 spiro atoms. The van der Waals surface area contributed by atoms with Crippen LogP contribution in [0.15, 0.2) is 28.1 Å². The number of aliphatic imine (C=N–C) groups is 1. The summed E-state index contributed by atoms with van der Waals surface area (Å²) in [6.45, 7) is 4.44. The number of ether oxygens (including phenoxy) is 6. The molecule has 0 aromatic carbocycles. The molecule has 0 saturated carbocycles. The van der Waals surface area contributed by atoms with Crippen molar-refractivity contribution in [2.45, 2.75) is 107 Å². The van der Waals surface area contributed by atoms with Crippen LogP contribution < -0.4 is 0 Å². The van der Waals surface area contributed by atoms with Crippen molar-refractivity contribution in [1.29, 1.82) is 5.41 Å². The summed E-state index contributed by atoms with van der Waals surface area (Å²) >= 11 is 4.57. The number of nitrogens with one attached hydrogen (secondary N) is 1. The van der Waals surface area contributed by atoms with Crippen molar-refractivity contribution in [2.24, 2.45) is 4.99 Å². The molecular weight excluding hydrogens is 664 g/mol. The van der Waals surface area contributed by atoms with Crippen molar-refractivity contribution in [2.75, 3.05) is 13.7 Å². The molecule has 2 fully saturated rings. The summed E-state index contributed by atoms with van der Waals surface area (Å²) < 4.78 is 33.8. The smallest absolute Gasteiger partial charge is 0.357 e. The van der Waals surface area contributed by atoms with Crippen LogP contribution >= 0.6 is 12.2 Å². The fraction of sp³-hybridized carbons (Fsp3) is 0.655. The molecule has 3 rings (SSSR count). The number of carboxylic acids is 1. The van der Waals surface area contributed by atoms with Gasteiger partial charge in [-0.3, -0.25) is 15.0 Å². The Balaban J connectivity index is 2.17. The maximum atomic E-state index is 13.2. The summed E-state index contributed by atoms with van der Waals surface area (Å²) in [6.07, 6.45) is -14.9. The second-order valence-corrected chi connectivity index (χ2v) is 11.6. The number of carboxylic acid groups (broad SMARTS) is 1. The summed E-state index contributed by atoms with van der Waals surface area (Å²) in [4.78, 5) is 53.2. The van der Waals surface area contributed by atoms with Crippen LogP contribution in [0.5, 0.6) is 0 Å². The number of aliphatic hydroxyl groups excluding tert-OH is 3. The lowest BCUT2D eigenvalue weighted by Crippen LogP contribution is -2.70. The standard InChI is InChI=1S/C29H38N2O16S/c1-6-14(31-10-48)27(39)47-22-16(9-43-13(4)33)45-25(28(40)8-15(34)20(30)19(24(28)36)26(37)38)21(35)23(22)46-18-7-17(42-5)29(41,11(2)32)12(3)44-18/h6,11-12,16-18,21-23,25,30,32,35-36,40-41H,7-9H2,1-5H3,(H,37,38)/b14-6-,30-20?/t11?,12-,16+,17-,18-,21+,22+,23-,25-,28?,29?/m0/s1. The number of isothiocyanates is 1. The fourth-order valence-corrected chi connectivity index (χ4v) is 6.02. The zero-order valence-corrected chi connectivity index (χ0v) is 27.3. The van der Waals surface area contributed by atoms with Gasteiger partial charge in [-0.1, -0.05) is 6.08 Å². The first-order valence-corrected chi connectivity index (χ1v) is 15.0. The number of ketones is 1. The van der Waals surface area contributed by atoms with E-state index in [4.69, 9.17) is 33.8 Å². The van der Waals surface area contributed by atoms with E-state index in [1.165, 1.54) is 34.0 Å². The molecule has 2 aliphatic heterocycles. The largest absolute Gasteiger partial charge is 0.508 e. The zero-order valence-electron chi connectivity index (χ0n) is 26.5. The number of aliphatic hydroxyl groups is 5. The Morgan fingerprint density at radius 2 is 1.90 bits per heavy atom. The molecule has 3 aliphatic rings. The van der Waals surface area contributed by atoms with E-state index in [1.54, 1.807) is 0 Å². The number of nitrogens with zero attached hydrogens (tertiary/aromatic N) is 1. The lowest BCUT2D eigenvalue weighted by atomic mass is 9.74. The van der Waals surface area contributed by atoms with Crippen molar-refractivity contribution in [3.8, 4) is 0 Å². The molecule has 19 heteroatoms. The third kappa shape index (κ3) is 7.40. The van der Waals surface area contributed by atoms with E-state index in [0.29, 0.717) is 0 Å². The van der Waals surface area contributed by atoms with Crippen molar-refractivity contribution >= 4 is 46.8 Å². The molecule has 0 radical (unpaired) electrons. The van der Waals surface area contributed by atoms with E-state index in [1.807, 2.05) is 5.16 Å². The molecule has 1 aliphatic carbocycles. The van der Waals surface area contributed by atoms with Crippen LogP contribution in [0.2, 0.25) is 0 Å². The Kier molecular flexibility index (Phi) is 12.5. The van der Waals surface area contributed by atoms with E-state index < -0.39 is 120 Å².